The summed E-state index contributed by atoms with van der Waals surface area (Å²) in [6.45, 7) is 3.05. The van der Waals surface area contributed by atoms with Gasteiger partial charge in [0.1, 0.15) is 0 Å². The van der Waals surface area contributed by atoms with E-state index in [1.54, 1.807) is 6.07 Å². The molecule has 17 heavy (non-hydrogen) atoms. The average molecular weight is 250 g/mol. The molecule has 1 amide bonds. The highest BCUT2D eigenvalue weighted by Crippen LogP contribution is 2.31. The topological polar surface area (TPSA) is 58.2 Å². The van der Waals surface area contributed by atoms with Crippen LogP contribution in [-0.4, -0.2) is 30.5 Å². The molecule has 1 heterocycles. The third kappa shape index (κ3) is 2.87. The van der Waals surface area contributed by atoms with Gasteiger partial charge in [-0.1, -0.05) is 13.0 Å². The van der Waals surface area contributed by atoms with E-state index in [4.69, 9.17) is 0 Å². The number of nitrogens with one attached hydrogen (secondary N) is 2. The molecule has 0 atom stereocenters. The molecule has 0 spiro atoms. The Kier molecular flexibility index (Phi) is 3.81. The third-order valence-electron chi connectivity index (χ3n) is 2.47. The molecular weight excluding hydrogens is 236 g/mol. The van der Waals surface area contributed by atoms with Gasteiger partial charge in [-0.05, 0) is 18.7 Å². The maximum absolute atomic E-state index is 11.8. The molecule has 2 N–H and O–H groups in total. The summed E-state index contributed by atoms with van der Waals surface area (Å²) in [4.78, 5) is 24.1. The van der Waals surface area contributed by atoms with Gasteiger partial charge < -0.3 is 10.6 Å². The fraction of sp³-hybridized carbons (Fsp3) is 0.333. The number of amides is 1. The molecule has 1 aliphatic heterocycles. The molecule has 0 fully saturated rings. The van der Waals surface area contributed by atoms with Crippen LogP contribution >= 0.6 is 11.8 Å². The Bertz CT molecular complexity index is 460. The smallest absolute Gasteiger partial charge is 0.234 e. The number of carbonyl (C=O) groups excluding carboxylic acids is 2. The summed E-state index contributed by atoms with van der Waals surface area (Å²) in [5, 5.41) is 5.77. The number of hydrogen-bond acceptors (Lipinski definition) is 4. The van der Waals surface area contributed by atoms with E-state index in [0.717, 1.165) is 17.1 Å². The summed E-state index contributed by atoms with van der Waals surface area (Å²) in [5.41, 5.74) is 1.38. The molecule has 4 nitrogen and oxygen atoms in total. The lowest BCUT2D eigenvalue weighted by molar-refractivity contribution is -0.113. The molecule has 1 aromatic rings. The zero-order chi connectivity index (χ0) is 12.3. The molecule has 0 radical (unpaired) electrons. The van der Waals surface area contributed by atoms with Crippen molar-refractivity contribution in [3.8, 4) is 0 Å². The molecule has 0 aromatic heterocycles. The van der Waals surface area contributed by atoms with Crippen molar-refractivity contribution < 1.29 is 9.59 Å². The second kappa shape index (κ2) is 5.33. The Hall–Kier alpha value is -1.33. The van der Waals surface area contributed by atoms with Crippen LogP contribution in [0.2, 0.25) is 0 Å². The Balaban J connectivity index is 2.18. The first-order valence-electron chi connectivity index (χ1n) is 5.51. The van der Waals surface area contributed by atoms with Crippen molar-refractivity contribution in [3.05, 3.63) is 23.8 Å². The van der Waals surface area contributed by atoms with E-state index in [1.807, 2.05) is 19.1 Å². The highest BCUT2D eigenvalue weighted by molar-refractivity contribution is 8.00. The van der Waals surface area contributed by atoms with Gasteiger partial charge in [0.25, 0.3) is 0 Å². The number of ketones is 1. The minimum atomic E-state index is -0.0150. The number of likely N-dealkylation sites (N-methyl/N-ethyl adjacent to an activating group) is 1. The van der Waals surface area contributed by atoms with Crippen LogP contribution in [0.1, 0.15) is 17.3 Å². The highest BCUT2D eigenvalue weighted by atomic mass is 32.2. The fourth-order valence-electron chi connectivity index (χ4n) is 1.60. The number of thioether (sulfide) groups is 1. The number of anilines is 1. The second-order valence-corrected chi connectivity index (χ2v) is 4.77. The summed E-state index contributed by atoms with van der Waals surface area (Å²) < 4.78 is 0. The summed E-state index contributed by atoms with van der Waals surface area (Å²) in [5.74, 6) is 0.468. The molecule has 1 aromatic carbocycles. The van der Waals surface area contributed by atoms with Crippen LogP contribution < -0.4 is 10.6 Å². The quantitative estimate of drug-likeness (QED) is 0.796. The molecule has 0 saturated heterocycles. The normalized spacial score (nSPS) is 14.1. The van der Waals surface area contributed by atoms with E-state index in [2.05, 4.69) is 10.6 Å². The molecule has 2 rings (SSSR count). The van der Waals surface area contributed by atoms with Crippen molar-refractivity contribution in [1.29, 1.82) is 0 Å². The van der Waals surface area contributed by atoms with Crippen molar-refractivity contribution in [2.45, 2.75) is 11.8 Å². The zero-order valence-electron chi connectivity index (χ0n) is 9.58. The Morgan fingerprint density at radius 3 is 3.12 bits per heavy atom. The van der Waals surface area contributed by atoms with Crippen molar-refractivity contribution in [1.82, 2.24) is 5.32 Å². The number of hydrogen-bond donors (Lipinski definition) is 2. The van der Waals surface area contributed by atoms with Crippen molar-refractivity contribution in [2.75, 3.05) is 24.2 Å². The summed E-state index contributed by atoms with van der Waals surface area (Å²) in [7, 11) is 0. The molecule has 0 aliphatic carbocycles. The lowest BCUT2D eigenvalue weighted by Crippen LogP contribution is -2.23. The maximum Gasteiger partial charge on any atom is 0.234 e. The third-order valence-corrected chi connectivity index (χ3v) is 3.54. The fourth-order valence-corrected chi connectivity index (χ4v) is 2.39. The van der Waals surface area contributed by atoms with Gasteiger partial charge >= 0.3 is 0 Å². The minimum absolute atomic E-state index is 0.0150. The van der Waals surface area contributed by atoms with Crippen LogP contribution in [0, 0.1) is 0 Å². The molecule has 0 unspecified atom stereocenters. The van der Waals surface area contributed by atoms with E-state index in [-0.39, 0.29) is 11.7 Å². The van der Waals surface area contributed by atoms with Gasteiger partial charge in [0.05, 0.1) is 18.0 Å². The number of carbonyl (C=O) groups is 2. The largest absolute Gasteiger partial charge is 0.324 e. The Morgan fingerprint density at radius 1 is 1.53 bits per heavy atom. The summed E-state index contributed by atoms with van der Waals surface area (Å²) in [6, 6.07) is 5.45. The predicted molar refractivity (Wildman–Crippen MR) is 68.7 cm³/mol. The maximum atomic E-state index is 11.8. The van der Waals surface area contributed by atoms with Gasteiger partial charge in [0.15, 0.2) is 5.78 Å². The van der Waals surface area contributed by atoms with E-state index >= 15 is 0 Å². The van der Waals surface area contributed by atoms with Crippen LogP contribution in [0.25, 0.3) is 0 Å². The van der Waals surface area contributed by atoms with E-state index in [0.29, 0.717) is 17.9 Å². The first kappa shape index (κ1) is 12.1. The first-order valence-corrected chi connectivity index (χ1v) is 6.50. The lowest BCUT2D eigenvalue weighted by Gasteiger charge is -2.16. The summed E-state index contributed by atoms with van der Waals surface area (Å²) in [6.07, 6.45) is 0. The van der Waals surface area contributed by atoms with Crippen LogP contribution in [0.5, 0.6) is 0 Å². The van der Waals surface area contributed by atoms with E-state index in [1.165, 1.54) is 11.8 Å². The van der Waals surface area contributed by atoms with Gasteiger partial charge in [-0.2, -0.15) is 0 Å². The predicted octanol–water partition coefficient (Wildman–Crippen LogP) is 1.52. The SMILES string of the molecule is CCNCC(=O)c1ccc2c(c1)NC(=O)CS2. The average Bonchev–Trinajstić information content (AvgIpc) is 2.35. The van der Waals surface area contributed by atoms with Gasteiger partial charge in [-0.3, -0.25) is 9.59 Å². The van der Waals surface area contributed by atoms with Gasteiger partial charge in [-0.25, -0.2) is 0 Å². The highest BCUT2D eigenvalue weighted by Gasteiger charge is 2.16. The molecule has 90 valence electrons. The summed E-state index contributed by atoms with van der Waals surface area (Å²) >= 11 is 1.50. The van der Waals surface area contributed by atoms with E-state index < -0.39 is 0 Å². The van der Waals surface area contributed by atoms with Crippen LogP contribution in [0.3, 0.4) is 0 Å². The van der Waals surface area contributed by atoms with Crippen molar-refractivity contribution >= 4 is 29.1 Å². The van der Waals surface area contributed by atoms with Crippen LogP contribution in [0.15, 0.2) is 23.1 Å². The van der Waals surface area contributed by atoms with Crippen molar-refractivity contribution in [3.63, 3.8) is 0 Å². The van der Waals surface area contributed by atoms with Crippen LogP contribution in [0.4, 0.5) is 5.69 Å². The number of fused-ring (bicyclic) bond motifs is 1. The van der Waals surface area contributed by atoms with Crippen LogP contribution in [-0.2, 0) is 4.79 Å². The number of benzene rings is 1. The van der Waals surface area contributed by atoms with E-state index in [9.17, 15) is 9.59 Å². The Labute approximate surface area is 104 Å². The molecular formula is C12H14N2O2S. The molecule has 0 bridgehead atoms. The number of rotatable bonds is 4. The molecule has 5 heteroatoms. The van der Waals surface area contributed by atoms with Crippen molar-refractivity contribution in [2.24, 2.45) is 0 Å². The lowest BCUT2D eigenvalue weighted by atomic mass is 10.1. The van der Waals surface area contributed by atoms with Gasteiger partial charge in [0.2, 0.25) is 5.91 Å². The number of Topliss-reactive ketones (excluding diaryl/α,β-unsaturated/α-hetero) is 1. The minimum Gasteiger partial charge on any atom is -0.324 e. The first-order chi connectivity index (χ1) is 8.20. The monoisotopic (exact) mass is 250 g/mol. The molecule has 1 aliphatic rings. The van der Waals surface area contributed by atoms with Gasteiger partial charge in [0, 0.05) is 10.5 Å². The standard InChI is InChI=1S/C12H14N2O2S/c1-2-13-6-10(15)8-3-4-11-9(5-8)14-12(16)7-17-11/h3-5,13H,2,6-7H2,1H3,(H,14,16). The molecule has 0 saturated carbocycles. The second-order valence-electron chi connectivity index (χ2n) is 3.75. The van der Waals surface area contributed by atoms with Gasteiger partial charge in [-0.15, -0.1) is 11.8 Å². The Morgan fingerprint density at radius 2 is 2.35 bits per heavy atom. The zero-order valence-corrected chi connectivity index (χ0v) is 10.4.